The predicted octanol–water partition coefficient (Wildman–Crippen LogP) is 0.464. The zero-order valence-electron chi connectivity index (χ0n) is 15.0. The number of ether oxygens (including phenoxy) is 1. The quantitative estimate of drug-likeness (QED) is 0.715. The first kappa shape index (κ1) is 16.9. The molecular weight excluding hydrogens is 304 g/mol. The monoisotopic (exact) mass is 332 g/mol. The van der Waals surface area contributed by atoms with Crippen molar-refractivity contribution in [3.05, 3.63) is 30.1 Å². The molecule has 0 bridgehead atoms. The molecule has 1 saturated heterocycles. The lowest BCUT2D eigenvalue weighted by atomic mass is 9.88. The zero-order chi connectivity index (χ0) is 17.3. The summed E-state index contributed by atoms with van der Waals surface area (Å²) in [6.45, 7) is 11.7. The molecule has 0 radical (unpaired) electrons. The van der Waals surface area contributed by atoms with E-state index in [1.807, 2.05) is 31.3 Å². The number of pyridine rings is 1. The van der Waals surface area contributed by atoms with Crippen LogP contribution in [0.5, 0.6) is 0 Å². The molecule has 0 aromatic carbocycles. The minimum atomic E-state index is -0.0555. The van der Waals surface area contributed by atoms with Crippen molar-refractivity contribution in [2.75, 3.05) is 26.3 Å². The number of nitrogens with zero attached hydrogens (tertiary/aromatic N) is 1. The first-order valence-corrected chi connectivity index (χ1v) is 8.64. The van der Waals surface area contributed by atoms with Gasteiger partial charge in [0.2, 0.25) is 5.69 Å². The molecule has 3 N–H and O–H groups in total. The van der Waals surface area contributed by atoms with E-state index >= 15 is 0 Å². The average molecular weight is 332 g/mol. The summed E-state index contributed by atoms with van der Waals surface area (Å²) in [5, 5.41) is 3.13. The van der Waals surface area contributed by atoms with Crippen molar-refractivity contribution >= 4 is 17.4 Å². The van der Waals surface area contributed by atoms with Crippen LogP contribution in [0.1, 0.15) is 38.2 Å². The van der Waals surface area contributed by atoms with Gasteiger partial charge in [-0.1, -0.05) is 26.8 Å². The normalized spacial score (nSPS) is 17.8. The highest BCUT2D eigenvalue weighted by molar-refractivity contribution is 5.98. The fourth-order valence-electron chi connectivity index (χ4n) is 2.86. The maximum Gasteiger partial charge on any atom is 0.457 e. The largest absolute Gasteiger partial charge is 0.457 e. The van der Waals surface area contributed by atoms with Crippen LogP contribution in [0, 0.1) is 5.41 Å². The maximum atomic E-state index is 12.8. The number of amides is 1. The number of morpholine rings is 1. The fourth-order valence-corrected chi connectivity index (χ4v) is 2.86. The molecule has 1 atom stereocenters. The van der Waals surface area contributed by atoms with Crippen LogP contribution in [0.2, 0.25) is 0 Å². The van der Waals surface area contributed by atoms with E-state index in [0.717, 1.165) is 37.8 Å². The number of aromatic amines is 1. The second kappa shape index (κ2) is 6.53. The van der Waals surface area contributed by atoms with Gasteiger partial charge in [0.25, 0.3) is 5.91 Å². The predicted molar refractivity (Wildman–Crippen MR) is 91.5 cm³/mol. The molecule has 2 aromatic heterocycles. The molecule has 0 saturated carbocycles. The number of nitrogens with one attached hydrogen (secondary N) is 3. The number of carbonyl (C=O) groups excluding carboxylic acids is 1. The van der Waals surface area contributed by atoms with Gasteiger partial charge in [-0.3, -0.25) is 4.79 Å². The lowest BCUT2D eigenvalue weighted by molar-refractivity contribution is -0.889. The molecule has 1 aliphatic heterocycles. The van der Waals surface area contributed by atoms with Gasteiger partial charge in [0.05, 0.1) is 13.2 Å². The minimum absolute atomic E-state index is 0.0173. The Kier molecular flexibility index (Phi) is 4.60. The number of imidazole rings is 1. The zero-order valence-corrected chi connectivity index (χ0v) is 15.0. The maximum absolute atomic E-state index is 12.8. The molecule has 24 heavy (non-hydrogen) atoms. The summed E-state index contributed by atoms with van der Waals surface area (Å²) in [6, 6.07) is 6.02. The summed E-state index contributed by atoms with van der Waals surface area (Å²) in [5.41, 5.74) is 1.55. The van der Waals surface area contributed by atoms with Crippen LogP contribution in [0.15, 0.2) is 24.4 Å². The Bertz CT molecular complexity index is 726. The molecule has 0 spiro atoms. The molecule has 2 aromatic rings. The van der Waals surface area contributed by atoms with Crippen LogP contribution >= 0.6 is 0 Å². The summed E-state index contributed by atoms with van der Waals surface area (Å²) in [7, 11) is 0. The van der Waals surface area contributed by atoms with Gasteiger partial charge >= 0.3 is 5.95 Å². The molecule has 1 amide bonds. The van der Waals surface area contributed by atoms with E-state index < -0.39 is 0 Å². The third kappa shape index (κ3) is 3.30. The molecule has 1 aliphatic rings. The second-order valence-electron chi connectivity index (χ2n) is 7.58. The van der Waals surface area contributed by atoms with Crippen molar-refractivity contribution in [3.8, 4) is 0 Å². The highest BCUT2D eigenvalue weighted by Gasteiger charge is 2.33. The number of aromatic nitrogens is 2. The number of quaternary nitrogens is 1. The van der Waals surface area contributed by atoms with Crippen molar-refractivity contribution in [3.63, 3.8) is 0 Å². The molecule has 0 aliphatic carbocycles. The highest BCUT2D eigenvalue weighted by atomic mass is 16.5. The Labute approximate surface area is 142 Å². The number of hydrogen-bond donors (Lipinski definition) is 3. The molecule has 3 rings (SSSR count). The standard InChI is InChI=1S/C18H26N4O2/c1-13(18(2,3)4)19-16(23)15-14-7-5-6-8-22(14)17(20-15)21-9-11-24-12-10-21/h5-8,13H,9-12H2,1-4H3,(H,19,23)/p+2. The van der Waals surface area contributed by atoms with Gasteiger partial charge < -0.3 is 10.1 Å². The Hall–Kier alpha value is -1.92. The van der Waals surface area contributed by atoms with E-state index in [0.29, 0.717) is 5.69 Å². The Morgan fingerprint density at radius 1 is 1.33 bits per heavy atom. The van der Waals surface area contributed by atoms with E-state index in [9.17, 15) is 4.79 Å². The van der Waals surface area contributed by atoms with Gasteiger partial charge in [0.15, 0.2) is 5.52 Å². The third-order valence-electron chi connectivity index (χ3n) is 4.91. The number of H-pyrrole nitrogens is 1. The van der Waals surface area contributed by atoms with Crippen LogP contribution < -0.4 is 14.6 Å². The smallest absolute Gasteiger partial charge is 0.370 e. The van der Waals surface area contributed by atoms with Crippen molar-refractivity contribution in [2.45, 2.75) is 33.7 Å². The molecular formula is C18H28N4O2+2. The number of hydrogen-bond acceptors (Lipinski definition) is 2. The van der Waals surface area contributed by atoms with Crippen LogP contribution in [-0.2, 0) is 4.74 Å². The van der Waals surface area contributed by atoms with E-state index in [1.54, 1.807) is 0 Å². The van der Waals surface area contributed by atoms with Crippen LogP contribution in [0.3, 0.4) is 0 Å². The summed E-state index contributed by atoms with van der Waals surface area (Å²) in [4.78, 5) is 17.5. The molecule has 6 nitrogen and oxygen atoms in total. The van der Waals surface area contributed by atoms with Gasteiger partial charge in [-0.25, -0.2) is 4.90 Å². The number of fused-ring (bicyclic) bond motifs is 1. The van der Waals surface area contributed by atoms with Crippen molar-refractivity contribution in [2.24, 2.45) is 5.41 Å². The minimum Gasteiger partial charge on any atom is -0.370 e. The van der Waals surface area contributed by atoms with E-state index in [2.05, 4.69) is 35.5 Å². The fraction of sp³-hybridized carbons (Fsp3) is 0.556. The molecule has 6 heteroatoms. The van der Waals surface area contributed by atoms with Crippen molar-refractivity contribution < 1.29 is 18.8 Å². The van der Waals surface area contributed by atoms with Crippen LogP contribution in [-0.4, -0.2) is 43.2 Å². The topological polar surface area (TPSA) is 62.7 Å². The number of rotatable bonds is 3. The third-order valence-corrected chi connectivity index (χ3v) is 4.91. The summed E-state index contributed by atoms with van der Waals surface area (Å²) >= 11 is 0. The Morgan fingerprint density at radius 2 is 2.04 bits per heavy atom. The van der Waals surface area contributed by atoms with Gasteiger partial charge in [-0.2, -0.15) is 4.98 Å². The molecule has 1 fully saturated rings. The SMILES string of the molecule is CC(NC(=O)c1[nH]c([NH+]2CCOCC2)[n+]2ccccc12)C(C)(C)C. The van der Waals surface area contributed by atoms with Gasteiger partial charge in [-0.05, 0) is 24.5 Å². The summed E-state index contributed by atoms with van der Waals surface area (Å²) in [6.07, 6.45) is 2.01. The highest BCUT2D eigenvalue weighted by Crippen LogP contribution is 2.19. The van der Waals surface area contributed by atoms with Crippen molar-refractivity contribution in [1.82, 2.24) is 10.3 Å². The Balaban J connectivity index is 1.95. The second-order valence-corrected chi connectivity index (χ2v) is 7.58. The summed E-state index contributed by atoms with van der Waals surface area (Å²) < 4.78 is 7.54. The molecule has 3 heterocycles. The van der Waals surface area contributed by atoms with Crippen LogP contribution in [0.25, 0.3) is 5.52 Å². The van der Waals surface area contributed by atoms with Gasteiger partial charge in [0, 0.05) is 6.04 Å². The van der Waals surface area contributed by atoms with E-state index in [4.69, 9.17) is 4.74 Å². The first-order chi connectivity index (χ1) is 11.4. The lowest BCUT2D eigenvalue weighted by Crippen LogP contribution is -3.11. The number of carbonyl (C=O) groups is 1. The van der Waals surface area contributed by atoms with Gasteiger partial charge in [0.1, 0.15) is 19.3 Å². The van der Waals surface area contributed by atoms with Crippen LogP contribution in [0.4, 0.5) is 5.95 Å². The molecule has 130 valence electrons. The summed E-state index contributed by atoms with van der Waals surface area (Å²) in [5.74, 6) is 0.961. The Morgan fingerprint density at radius 3 is 2.71 bits per heavy atom. The lowest BCUT2D eigenvalue weighted by Gasteiger charge is -2.27. The molecule has 1 unspecified atom stereocenters. The van der Waals surface area contributed by atoms with Crippen molar-refractivity contribution in [1.29, 1.82) is 0 Å². The van der Waals surface area contributed by atoms with Gasteiger partial charge in [-0.15, -0.1) is 4.40 Å². The first-order valence-electron chi connectivity index (χ1n) is 8.64. The average Bonchev–Trinajstić information content (AvgIpc) is 2.94. The van der Waals surface area contributed by atoms with E-state index in [-0.39, 0.29) is 17.4 Å². The van der Waals surface area contributed by atoms with E-state index in [1.165, 1.54) is 4.90 Å².